The van der Waals surface area contributed by atoms with Gasteiger partial charge in [-0.1, -0.05) is 13.8 Å². The van der Waals surface area contributed by atoms with Crippen LogP contribution in [-0.2, 0) is 15.1 Å². The van der Waals surface area contributed by atoms with Gasteiger partial charge in [-0.05, 0) is 61.3 Å². The predicted octanol–water partition coefficient (Wildman–Crippen LogP) is 4.21. The maximum atomic E-state index is 12.1. The van der Waals surface area contributed by atoms with E-state index in [-0.39, 0.29) is 22.5 Å². The van der Waals surface area contributed by atoms with Crippen LogP contribution >= 0.6 is 0 Å². The van der Waals surface area contributed by atoms with Crippen molar-refractivity contribution in [3.8, 4) is 0 Å². The van der Waals surface area contributed by atoms with Crippen LogP contribution in [0.3, 0.4) is 0 Å². The van der Waals surface area contributed by atoms with Gasteiger partial charge in [0, 0.05) is 30.2 Å². The highest BCUT2D eigenvalue weighted by Crippen LogP contribution is 2.78. The van der Waals surface area contributed by atoms with E-state index in [1.165, 1.54) is 0 Å². The zero-order valence-electron chi connectivity index (χ0n) is 16.4. The number of furan rings is 1. The van der Waals surface area contributed by atoms with Gasteiger partial charge in [0.25, 0.3) is 0 Å². The smallest absolute Gasteiger partial charge is 0.133 e. The molecule has 1 aromatic heterocycles. The van der Waals surface area contributed by atoms with Gasteiger partial charge in [-0.15, -0.1) is 0 Å². The lowest BCUT2D eigenvalue weighted by Gasteiger charge is -2.61. The fraction of sp³-hybridized carbons (Fsp3) is 0.783. The highest BCUT2D eigenvalue weighted by Gasteiger charge is 2.84. The molecule has 1 aliphatic heterocycles. The van der Waals surface area contributed by atoms with Crippen molar-refractivity contribution in [2.24, 2.45) is 28.6 Å². The predicted molar refractivity (Wildman–Crippen MR) is 98.8 cm³/mol. The van der Waals surface area contributed by atoms with E-state index in [0.29, 0.717) is 30.0 Å². The van der Waals surface area contributed by atoms with Crippen LogP contribution in [-0.4, -0.2) is 22.6 Å². The molecule has 0 aromatic carbocycles. The van der Waals surface area contributed by atoms with Crippen molar-refractivity contribution in [3.63, 3.8) is 0 Å². The molecule has 0 bridgehead atoms. The van der Waals surface area contributed by atoms with Gasteiger partial charge in [-0.25, -0.2) is 0 Å². The minimum absolute atomic E-state index is 0.167. The van der Waals surface area contributed by atoms with Crippen LogP contribution in [0, 0.1) is 28.6 Å². The van der Waals surface area contributed by atoms with Gasteiger partial charge in [0.15, 0.2) is 0 Å². The Kier molecular flexibility index (Phi) is 3.04. The molecule has 8 atom stereocenters. The molecular formula is C23H30O4. The molecule has 4 nitrogen and oxygen atoms in total. The van der Waals surface area contributed by atoms with Crippen molar-refractivity contribution < 1.29 is 19.1 Å². The maximum Gasteiger partial charge on any atom is 0.133 e. The summed E-state index contributed by atoms with van der Waals surface area (Å²) in [6.45, 7) is 4.72. The Morgan fingerprint density at radius 1 is 1.15 bits per heavy atom. The van der Waals surface area contributed by atoms with E-state index in [4.69, 9.17) is 9.15 Å². The van der Waals surface area contributed by atoms with Crippen molar-refractivity contribution in [3.05, 3.63) is 24.2 Å². The molecule has 4 aliphatic carbocycles. The average molecular weight is 370 g/mol. The van der Waals surface area contributed by atoms with Gasteiger partial charge in [0.05, 0.1) is 18.6 Å². The third-order valence-corrected chi connectivity index (χ3v) is 10.0. The van der Waals surface area contributed by atoms with Gasteiger partial charge in [-0.2, -0.15) is 0 Å². The van der Waals surface area contributed by atoms with Gasteiger partial charge < -0.3 is 14.3 Å². The number of aliphatic hydroxyl groups is 1. The number of carbonyl (C=O) groups is 1. The van der Waals surface area contributed by atoms with Crippen LogP contribution < -0.4 is 0 Å². The minimum Gasteiger partial charge on any atom is -0.472 e. The summed E-state index contributed by atoms with van der Waals surface area (Å²) in [6.07, 6.45) is 11.2. The molecule has 27 heavy (non-hydrogen) atoms. The lowest BCUT2D eigenvalue weighted by Crippen LogP contribution is -2.61. The van der Waals surface area contributed by atoms with E-state index < -0.39 is 5.60 Å². The summed E-state index contributed by atoms with van der Waals surface area (Å²) in [7, 11) is 0. The van der Waals surface area contributed by atoms with Crippen LogP contribution in [0.25, 0.3) is 0 Å². The van der Waals surface area contributed by atoms with E-state index in [9.17, 15) is 9.90 Å². The third-order valence-electron chi connectivity index (χ3n) is 10.0. The zero-order valence-corrected chi connectivity index (χ0v) is 16.4. The molecule has 1 saturated heterocycles. The average Bonchev–Trinajstić information content (AvgIpc) is 3.03. The van der Waals surface area contributed by atoms with Crippen molar-refractivity contribution in [2.45, 2.75) is 82.5 Å². The maximum absolute atomic E-state index is 12.1. The second-order valence-corrected chi connectivity index (χ2v) is 10.6. The van der Waals surface area contributed by atoms with Crippen molar-refractivity contribution in [1.82, 2.24) is 0 Å². The first-order valence-corrected chi connectivity index (χ1v) is 10.8. The van der Waals surface area contributed by atoms with E-state index in [1.54, 1.807) is 12.5 Å². The van der Waals surface area contributed by atoms with Gasteiger partial charge in [-0.3, -0.25) is 4.79 Å². The third kappa shape index (κ3) is 1.72. The Balaban J connectivity index is 1.40. The molecule has 1 spiro atoms. The summed E-state index contributed by atoms with van der Waals surface area (Å²) in [4.78, 5) is 12.1. The monoisotopic (exact) mass is 370 g/mol. The molecular weight excluding hydrogens is 340 g/mol. The summed E-state index contributed by atoms with van der Waals surface area (Å²) >= 11 is 0. The number of hydrogen-bond donors (Lipinski definition) is 1. The highest BCUT2D eigenvalue weighted by atomic mass is 16.6. The lowest BCUT2D eigenvalue weighted by molar-refractivity contribution is -0.190. The Morgan fingerprint density at radius 2 is 2.00 bits per heavy atom. The first kappa shape index (κ1) is 16.8. The highest BCUT2D eigenvalue weighted by molar-refractivity contribution is 5.79. The van der Waals surface area contributed by atoms with Crippen molar-refractivity contribution in [1.29, 1.82) is 0 Å². The summed E-state index contributed by atoms with van der Waals surface area (Å²) in [5.74, 6) is 2.14. The van der Waals surface area contributed by atoms with Crippen LogP contribution in [0.4, 0.5) is 0 Å². The molecule has 4 heteroatoms. The van der Waals surface area contributed by atoms with Crippen LogP contribution in [0.2, 0.25) is 0 Å². The molecule has 0 radical (unpaired) electrons. The minimum atomic E-state index is -0.853. The van der Waals surface area contributed by atoms with Gasteiger partial charge >= 0.3 is 0 Å². The first-order valence-electron chi connectivity index (χ1n) is 10.8. The topological polar surface area (TPSA) is 63.0 Å². The molecule has 3 unspecified atom stereocenters. The Labute approximate surface area is 160 Å². The van der Waals surface area contributed by atoms with Crippen molar-refractivity contribution in [2.75, 3.05) is 0 Å². The largest absolute Gasteiger partial charge is 0.472 e. The molecule has 5 aliphatic rings. The first-order chi connectivity index (χ1) is 12.9. The summed E-state index contributed by atoms with van der Waals surface area (Å²) in [5, 5.41) is 11.8. The number of epoxide rings is 1. The van der Waals surface area contributed by atoms with Gasteiger partial charge in [0.2, 0.25) is 0 Å². The second kappa shape index (κ2) is 4.88. The molecule has 4 saturated carbocycles. The van der Waals surface area contributed by atoms with Crippen LogP contribution in [0.15, 0.2) is 23.0 Å². The SMILES string of the molecule is C[C@]12CCC3C(CC[C@@H]4CC(=O)CC[C@]34C)C13O[C@@H]3C[C@]2(O)c1ccoc1. The zero-order chi connectivity index (χ0) is 18.7. The van der Waals surface area contributed by atoms with Crippen LogP contribution in [0.1, 0.15) is 70.8 Å². The van der Waals surface area contributed by atoms with E-state index in [2.05, 4.69) is 13.8 Å². The Bertz CT molecular complexity index is 801. The van der Waals surface area contributed by atoms with E-state index >= 15 is 0 Å². The normalized spacial score (nSPS) is 56.0. The number of rotatable bonds is 1. The molecule has 5 fully saturated rings. The number of ketones is 1. The molecule has 0 amide bonds. The Morgan fingerprint density at radius 3 is 2.78 bits per heavy atom. The standard InChI is InChI=1S/C23H30O4/c1-20-8-5-16(24)11-14(20)3-4-18-17(20)6-9-21(2)22(25,15-7-10-26-13-15)12-19-23(18,21)27-19/h7,10,13-14,17-19,25H,3-6,8-9,11-12H2,1-2H3/t14-,17?,18?,19-,20+,21-,22+,23?/m1/s1. The Hall–Kier alpha value is -1.13. The van der Waals surface area contributed by atoms with Gasteiger partial charge in [0.1, 0.15) is 17.0 Å². The molecule has 2 heterocycles. The second-order valence-electron chi connectivity index (χ2n) is 10.6. The fourth-order valence-electron chi connectivity index (χ4n) is 8.44. The molecule has 146 valence electrons. The fourth-order valence-corrected chi connectivity index (χ4v) is 8.44. The lowest BCUT2D eigenvalue weighted by atomic mass is 9.43. The number of fused-ring (bicyclic) bond motifs is 3. The summed E-state index contributed by atoms with van der Waals surface area (Å²) in [6, 6.07) is 1.93. The van der Waals surface area contributed by atoms with E-state index in [0.717, 1.165) is 50.5 Å². The molecule has 1 aromatic rings. The summed E-state index contributed by atoms with van der Waals surface area (Å²) < 4.78 is 11.8. The number of Topliss-reactive ketones (excluding diaryl/α,β-unsaturated/α-hetero) is 1. The quantitative estimate of drug-likeness (QED) is 0.752. The van der Waals surface area contributed by atoms with E-state index in [1.807, 2.05) is 6.07 Å². The van der Waals surface area contributed by atoms with Crippen molar-refractivity contribution >= 4 is 5.78 Å². The molecule has 6 rings (SSSR count). The number of ether oxygens (including phenoxy) is 1. The number of carbonyl (C=O) groups excluding carboxylic acids is 1. The number of hydrogen-bond acceptors (Lipinski definition) is 4. The van der Waals surface area contributed by atoms with Crippen LogP contribution in [0.5, 0.6) is 0 Å². The molecule has 1 N–H and O–H groups in total. The summed E-state index contributed by atoms with van der Waals surface area (Å²) in [5.41, 5.74) is -0.115.